The Labute approximate surface area is 187 Å². The third-order valence-electron chi connectivity index (χ3n) is 6.15. The Balaban J connectivity index is 0.00000280. The Morgan fingerprint density at radius 2 is 1.82 bits per heavy atom. The van der Waals surface area contributed by atoms with Gasteiger partial charge in [-0.1, -0.05) is 6.92 Å². The van der Waals surface area contributed by atoms with E-state index in [1.165, 1.54) is 38.8 Å². The summed E-state index contributed by atoms with van der Waals surface area (Å²) >= 11 is 0. The van der Waals surface area contributed by atoms with E-state index >= 15 is 0 Å². The average molecular weight is 503 g/mol. The number of hydrogen-bond donors (Lipinski definition) is 2. The third kappa shape index (κ3) is 6.62. The zero-order chi connectivity index (χ0) is 19.1. The molecule has 2 atom stereocenters. The van der Waals surface area contributed by atoms with Gasteiger partial charge in [-0.25, -0.2) is 0 Å². The Morgan fingerprint density at radius 3 is 2.43 bits per heavy atom. The summed E-state index contributed by atoms with van der Waals surface area (Å²) in [6, 6.07) is 4.85. The molecule has 160 valence electrons. The van der Waals surface area contributed by atoms with Crippen molar-refractivity contribution in [2.24, 2.45) is 10.9 Å². The average Bonchev–Trinajstić information content (AvgIpc) is 3.39. The van der Waals surface area contributed by atoms with Crippen molar-refractivity contribution in [1.82, 2.24) is 20.4 Å². The van der Waals surface area contributed by atoms with E-state index < -0.39 is 0 Å². The number of nitrogens with one attached hydrogen (secondary N) is 2. The standard InChI is InChI=1S/C21H37N5O.HI/c1-17-8-12-25(13-9-17)18(2)15-23-21(22-3)24-16-19(20-7-6-14-27-20)26-10-4-5-11-26;/h6-7,14,17-19H,4-5,8-13,15-16H2,1-3H3,(H2,22,23,24);1H. The predicted octanol–water partition coefficient (Wildman–Crippen LogP) is 3.32. The molecule has 7 heteroatoms. The maximum atomic E-state index is 5.71. The fourth-order valence-corrected chi connectivity index (χ4v) is 4.20. The van der Waals surface area contributed by atoms with Crippen LogP contribution in [0.4, 0.5) is 0 Å². The Bertz CT molecular complexity index is 565. The summed E-state index contributed by atoms with van der Waals surface area (Å²) < 4.78 is 5.71. The van der Waals surface area contributed by atoms with Crippen molar-refractivity contribution in [3.8, 4) is 0 Å². The summed E-state index contributed by atoms with van der Waals surface area (Å²) in [6.07, 6.45) is 6.95. The van der Waals surface area contributed by atoms with Crippen molar-refractivity contribution < 1.29 is 4.42 Å². The van der Waals surface area contributed by atoms with E-state index in [0.717, 1.165) is 43.8 Å². The summed E-state index contributed by atoms with van der Waals surface area (Å²) in [4.78, 5) is 9.53. The molecular formula is C21H38IN5O. The lowest BCUT2D eigenvalue weighted by Gasteiger charge is -2.35. The molecule has 0 aromatic carbocycles. The number of likely N-dealkylation sites (tertiary alicyclic amines) is 2. The molecule has 0 bridgehead atoms. The lowest BCUT2D eigenvalue weighted by Crippen LogP contribution is -2.49. The normalized spacial score (nSPS) is 21.9. The summed E-state index contributed by atoms with van der Waals surface area (Å²) in [5, 5.41) is 7.04. The van der Waals surface area contributed by atoms with Crippen LogP contribution in [0.5, 0.6) is 0 Å². The van der Waals surface area contributed by atoms with Gasteiger partial charge >= 0.3 is 0 Å². The third-order valence-corrected chi connectivity index (χ3v) is 6.15. The van der Waals surface area contributed by atoms with Gasteiger partial charge in [0.2, 0.25) is 0 Å². The van der Waals surface area contributed by atoms with Crippen molar-refractivity contribution in [2.45, 2.75) is 51.6 Å². The molecule has 0 spiro atoms. The van der Waals surface area contributed by atoms with Gasteiger partial charge in [-0.3, -0.25) is 14.8 Å². The first kappa shape index (κ1) is 23.5. The molecule has 6 nitrogen and oxygen atoms in total. The number of nitrogens with zero attached hydrogens (tertiary/aromatic N) is 3. The van der Waals surface area contributed by atoms with Crippen LogP contribution >= 0.6 is 24.0 Å². The van der Waals surface area contributed by atoms with Gasteiger partial charge in [0.05, 0.1) is 12.3 Å². The quantitative estimate of drug-likeness (QED) is 0.340. The number of piperidine rings is 1. The zero-order valence-corrected chi connectivity index (χ0v) is 20.0. The Hall–Kier alpha value is -0.800. The fraction of sp³-hybridized carbons (Fsp3) is 0.762. The van der Waals surface area contributed by atoms with Gasteiger partial charge in [-0.05, 0) is 76.8 Å². The minimum absolute atomic E-state index is 0. The first-order chi connectivity index (χ1) is 13.2. The number of halogens is 1. The van der Waals surface area contributed by atoms with Crippen molar-refractivity contribution in [3.63, 3.8) is 0 Å². The van der Waals surface area contributed by atoms with E-state index in [-0.39, 0.29) is 30.0 Å². The summed E-state index contributed by atoms with van der Waals surface area (Å²) in [7, 11) is 1.85. The molecule has 2 N–H and O–H groups in total. The van der Waals surface area contributed by atoms with E-state index in [4.69, 9.17) is 4.42 Å². The molecule has 2 unspecified atom stereocenters. The van der Waals surface area contributed by atoms with Gasteiger partial charge in [0.25, 0.3) is 0 Å². The largest absolute Gasteiger partial charge is 0.468 e. The molecular weight excluding hydrogens is 465 g/mol. The topological polar surface area (TPSA) is 56.0 Å². The number of furan rings is 1. The maximum absolute atomic E-state index is 5.71. The molecule has 2 saturated heterocycles. The van der Waals surface area contributed by atoms with Gasteiger partial charge in [0.15, 0.2) is 5.96 Å². The Morgan fingerprint density at radius 1 is 1.14 bits per heavy atom. The second kappa shape index (κ2) is 12.0. The van der Waals surface area contributed by atoms with Gasteiger partial charge in [-0.2, -0.15) is 0 Å². The first-order valence-corrected chi connectivity index (χ1v) is 10.6. The minimum atomic E-state index is 0. The van der Waals surface area contributed by atoms with E-state index in [9.17, 15) is 0 Å². The van der Waals surface area contributed by atoms with E-state index in [1.54, 1.807) is 6.26 Å². The van der Waals surface area contributed by atoms with Gasteiger partial charge in [-0.15, -0.1) is 24.0 Å². The van der Waals surface area contributed by atoms with E-state index in [1.807, 2.05) is 13.1 Å². The number of guanidine groups is 1. The van der Waals surface area contributed by atoms with Crippen LogP contribution in [-0.4, -0.2) is 68.1 Å². The SMILES string of the molecule is CN=C(NCC(C)N1CCC(C)CC1)NCC(c1ccco1)N1CCCC1.I. The first-order valence-electron chi connectivity index (χ1n) is 10.6. The van der Waals surface area contributed by atoms with Crippen molar-refractivity contribution in [2.75, 3.05) is 46.3 Å². The molecule has 3 heterocycles. The lowest BCUT2D eigenvalue weighted by atomic mass is 9.98. The van der Waals surface area contributed by atoms with Crippen molar-refractivity contribution in [1.29, 1.82) is 0 Å². The van der Waals surface area contributed by atoms with E-state index in [0.29, 0.717) is 6.04 Å². The van der Waals surface area contributed by atoms with Gasteiger partial charge < -0.3 is 15.1 Å². The molecule has 1 aromatic rings. The fourth-order valence-electron chi connectivity index (χ4n) is 4.20. The second-order valence-corrected chi connectivity index (χ2v) is 8.18. The highest BCUT2D eigenvalue weighted by Gasteiger charge is 2.26. The predicted molar refractivity (Wildman–Crippen MR) is 126 cm³/mol. The zero-order valence-electron chi connectivity index (χ0n) is 17.7. The highest BCUT2D eigenvalue weighted by atomic mass is 127. The highest BCUT2D eigenvalue weighted by molar-refractivity contribution is 14.0. The minimum Gasteiger partial charge on any atom is -0.468 e. The second-order valence-electron chi connectivity index (χ2n) is 8.18. The van der Waals surface area contributed by atoms with Crippen LogP contribution in [0.1, 0.15) is 51.3 Å². The molecule has 2 aliphatic rings. The van der Waals surface area contributed by atoms with Crippen LogP contribution in [0.15, 0.2) is 27.8 Å². The van der Waals surface area contributed by atoms with Crippen molar-refractivity contribution >= 4 is 29.9 Å². The van der Waals surface area contributed by atoms with Gasteiger partial charge in [0.1, 0.15) is 5.76 Å². The summed E-state index contributed by atoms with van der Waals surface area (Å²) in [6.45, 7) is 11.1. The molecule has 0 aliphatic carbocycles. The molecule has 3 rings (SSSR count). The van der Waals surface area contributed by atoms with Crippen LogP contribution in [-0.2, 0) is 0 Å². The molecule has 0 radical (unpaired) electrons. The number of aliphatic imine (C=N–C) groups is 1. The smallest absolute Gasteiger partial charge is 0.191 e. The lowest BCUT2D eigenvalue weighted by molar-refractivity contribution is 0.147. The number of hydrogen-bond acceptors (Lipinski definition) is 4. The molecule has 2 aliphatic heterocycles. The van der Waals surface area contributed by atoms with Crippen LogP contribution in [0, 0.1) is 5.92 Å². The van der Waals surface area contributed by atoms with Gasteiger partial charge in [0, 0.05) is 26.2 Å². The molecule has 2 fully saturated rings. The molecule has 0 amide bonds. The van der Waals surface area contributed by atoms with Crippen LogP contribution in [0.25, 0.3) is 0 Å². The van der Waals surface area contributed by atoms with E-state index in [2.05, 4.69) is 45.3 Å². The summed E-state index contributed by atoms with van der Waals surface area (Å²) in [5.41, 5.74) is 0. The molecule has 1 aromatic heterocycles. The highest BCUT2D eigenvalue weighted by Crippen LogP contribution is 2.24. The number of rotatable bonds is 7. The molecule has 0 saturated carbocycles. The van der Waals surface area contributed by atoms with Crippen LogP contribution in [0.3, 0.4) is 0 Å². The van der Waals surface area contributed by atoms with Crippen molar-refractivity contribution in [3.05, 3.63) is 24.2 Å². The molecule has 28 heavy (non-hydrogen) atoms. The van der Waals surface area contributed by atoms with Crippen LogP contribution < -0.4 is 10.6 Å². The van der Waals surface area contributed by atoms with Crippen LogP contribution in [0.2, 0.25) is 0 Å². The Kier molecular flexibility index (Phi) is 10.1. The summed E-state index contributed by atoms with van der Waals surface area (Å²) in [5.74, 6) is 2.79. The monoisotopic (exact) mass is 503 g/mol. The maximum Gasteiger partial charge on any atom is 0.191 e.